The number of aliphatic hydroxyl groups excluding tert-OH is 2. The molecular formula is C6H12O6S2. The van der Waals surface area contributed by atoms with Crippen molar-refractivity contribution in [1.29, 1.82) is 0 Å². The van der Waals surface area contributed by atoms with Crippen LogP contribution in [0.15, 0.2) is 12.0 Å². The molecule has 14 heavy (non-hydrogen) atoms. The van der Waals surface area contributed by atoms with Crippen LogP contribution in [0.4, 0.5) is 0 Å². The van der Waals surface area contributed by atoms with Gasteiger partial charge in [-0.25, -0.2) is 16.8 Å². The third-order valence-electron chi connectivity index (χ3n) is 1.44. The molecule has 0 radical (unpaired) electrons. The van der Waals surface area contributed by atoms with Crippen LogP contribution in [0.2, 0.25) is 0 Å². The smallest absolute Gasteiger partial charge is 0.173 e. The Morgan fingerprint density at radius 3 is 2.14 bits per heavy atom. The summed E-state index contributed by atoms with van der Waals surface area (Å²) in [5.41, 5.74) is 0. The largest absolute Gasteiger partial charge is 0.389 e. The Hall–Kier alpha value is -0.440. The zero-order chi connectivity index (χ0) is 11.4. The standard InChI is InChI=1S/C6H12O6S2/c1-2-14(11,12)4-6(8)5(7)3-13(9)10/h2,5-8,13H,1,3-4H2. The molecule has 0 bridgehead atoms. The van der Waals surface area contributed by atoms with E-state index in [2.05, 4.69) is 6.58 Å². The van der Waals surface area contributed by atoms with Gasteiger partial charge in [0.05, 0.1) is 23.7 Å². The number of hydrogen-bond donors (Lipinski definition) is 3. The fourth-order valence-corrected chi connectivity index (χ4v) is 2.07. The summed E-state index contributed by atoms with van der Waals surface area (Å²) in [6.07, 6.45) is -3.21. The molecule has 0 saturated heterocycles. The minimum absolute atomic E-state index is 0.639. The molecule has 2 atom stereocenters. The predicted octanol–water partition coefficient (Wildman–Crippen LogP) is -2.12. The van der Waals surface area contributed by atoms with Crippen molar-refractivity contribution in [2.24, 2.45) is 0 Å². The summed E-state index contributed by atoms with van der Waals surface area (Å²) in [7, 11) is -6.49. The highest BCUT2D eigenvalue weighted by Crippen LogP contribution is 2.01. The Bertz CT molecular complexity index is 347. The molecule has 0 spiro atoms. The molecule has 0 aromatic heterocycles. The lowest BCUT2D eigenvalue weighted by Gasteiger charge is -2.13. The third-order valence-corrected chi connectivity index (χ3v) is 3.42. The van der Waals surface area contributed by atoms with Crippen molar-refractivity contribution < 1.29 is 27.0 Å². The molecule has 0 fully saturated rings. The molecular weight excluding hydrogens is 232 g/mol. The molecule has 2 N–H and O–H groups in total. The quantitative estimate of drug-likeness (QED) is 0.461. The zero-order valence-electron chi connectivity index (χ0n) is 7.24. The van der Waals surface area contributed by atoms with Gasteiger partial charge < -0.3 is 10.2 Å². The molecule has 0 saturated carbocycles. The monoisotopic (exact) mass is 244 g/mol. The Labute approximate surface area is 83.7 Å². The van der Waals surface area contributed by atoms with Gasteiger partial charge in [-0.1, -0.05) is 6.58 Å². The second kappa shape index (κ2) is 5.44. The number of sulfone groups is 1. The van der Waals surface area contributed by atoms with Gasteiger partial charge in [0, 0.05) is 5.41 Å². The first-order valence-electron chi connectivity index (χ1n) is 3.61. The summed E-state index contributed by atoms with van der Waals surface area (Å²) in [5.74, 6) is -1.40. The average Bonchev–Trinajstić information content (AvgIpc) is 2.02. The van der Waals surface area contributed by atoms with E-state index in [9.17, 15) is 16.8 Å². The van der Waals surface area contributed by atoms with Crippen molar-refractivity contribution in [3.05, 3.63) is 12.0 Å². The summed E-state index contributed by atoms with van der Waals surface area (Å²) in [6.45, 7) is 3.01. The number of rotatable bonds is 6. The summed E-state index contributed by atoms with van der Waals surface area (Å²) in [4.78, 5) is 0. The van der Waals surface area contributed by atoms with E-state index < -0.39 is 44.3 Å². The van der Waals surface area contributed by atoms with E-state index in [1.165, 1.54) is 0 Å². The molecule has 8 heteroatoms. The van der Waals surface area contributed by atoms with Gasteiger partial charge in [-0.3, -0.25) is 0 Å². The van der Waals surface area contributed by atoms with Crippen molar-refractivity contribution >= 4 is 20.5 Å². The van der Waals surface area contributed by atoms with Crippen LogP contribution in [0, 0.1) is 0 Å². The summed E-state index contributed by atoms with van der Waals surface area (Å²) in [5, 5.41) is 18.7. The van der Waals surface area contributed by atoms with E-state index in [0.717, 1.165) is 0 Å². The first-order valence-corrected chi connectivity index (χ1v) is 6.69. The van der Waals surface area contributed by atoms with E-state index in [1.807, 2.05) is 0 Å². The fraction of sp³-hybridized carbons (Fsp3) is 0.667. The molecule has 0 aromatic carbocycles. The molecule has 2 unspecified atom stereocenters. The Balaban J connectivity index is 4.35. The molecule has 0 rings (SSSR count). The molecule has 0 aliphatic heterocycles. The Morgan fingerprint density at radius 1 is 1.29 bits per heavy atom. The van der Waals surface area contributed by atoms with E-state index in [-0.39, 0.29) is 0 Å². The van der Waals surface area contributed by atoms with E-state index in [1.54, 1.807) is 0 Å². The lowest BCUT2D eigenvalue weighted by molar-refractivity contribution is 0.0483. The van der Waals surface area contributed by atoms with Gasteiger partial charge in [0.15, 0.2) is 9.84 Å². The average molecular weight is 244 g/mol. The minimum Gasteiger partial charge on any atom is -0.389 e. The zero-order valence-corrected chi connectivity index (χ0v) is 8.95. The molecule has 0 aliphatic rings. The first kappa shape index (κ1) is 13.6. The van der Waals surface area contributed by atoms with Crippen LogP contribution in [0.3, 0.4) is 0 Å². The van der Waals surface area contributed by atoms with Crippen LogP contribution in [0.25, 0.3) is 0 Å². The van der Waals surface area contributed by atoms with Gasteiger partial charge in [-0.15, -0.1) is 0 Å². The maximum absolute atomic E-state index is 10.9. The van der Waals surface area contributed by atoms with Crippen molar-refractivity contribution in [3.8, 4) is 0 Å². The number of thiol groups is 1. The van der Waals surface area contributed by atoms with Crippen LogP contribution in [-0.4, -0.2) is 50.8 Å². The second-order valence-corrected chi connectivity index (χ2v) is 5.67. The van der Waals surface area contributed by atoms with Crippen molar-refractivity contribution in [2.75, 3.05) is 11.5 Å². The van der Waals surface area contributed by atoms with Crippen molar-refractivity contribution in [1.82, 2.24) is 0 Å². The van der Waals surface area contributed by atoms with Crippen molar-refractivity contribution in [2.45, 2.75) is 12.2 Å². The van der Waals surface area contributed by atoms with Crippen LogP contribution < -0.4 is 0 Å². The molecule has 84 valence electrons. The van der Waals surface area contributed by atoms with E-state index in [0.29, 0.717) is 5.41 Å². The highest BCUT2D eigenvalue weighted by molar-refractivity contribution is 7.94. The lowest BCUT2D eigenvalue weighted by atomic mass is 10.3. The van der Waals surface area contributed by atoms with E-state index >= 15 is 0 Å². The van der Waals surface area contributed by atoms with Gasteiger partial charge in [0.1, 0.15) is 10.7 Å². The summed E-state index contributed by atoms with van der Waals surface area (Å²) >= 11 is 0. The summed E-state index contributed by atoms with van der Waals surface area (Å²) in [6, 6.07) is 0. The Morgan fingerprint density at radius 2 is 1.79 bits per heavy atom. The molecule has 0 amide bonds. The second-order valence-electron chi connectivity index (χ2n) is 2.65. The maximum atomic E-state index is 10.9. The predicted molar refractivity (Wildman–Crippen MR) is 51.2 cm³/mol. The SMILES string of the molecule is C=CS(=O)(=O)CC(O)C(O)C[SH](=O)=O. The minimum atomic E-state index is -3.64. The lowest BCUT2D eigenvalue weighted by Crippen LogP contribution is -2.35. The topological polar surface area (TPSA) is 109 Å². The first-order chi connectivity index (χ1) is 6.28. The van der Waals surface area contributed by atoms with Gasteiger partial charge >= 0.3 is 0 Å². The van der Waals surface area contributed by atoms with Crippen LogP contribution in [0.1, 0.15) is 0 Å². The molecule has 0 heterocycles. The highest BCUT2D eigenvalue weighted by Gasteiger charge is 2.22. The third kappa shape index (κ3) is 5.32. The maximum Gasteiger partial charge on any atom is 0.173 e. The number of aliphatic hydroxyl groups is 2. The van der Waals surface area contributed by atoms with E-state index in [4.69, 9.17) is 10.2 Å². The van der Waals surface area contributed by atoms with Crippen LogP contribution in [0.5, 0.6) is 0 Å². The van der Waals surface area contributed by atoms with Crippen molar-refractivity contribution in [3.63, 3.8) is 0 Å². The summed E-state index contributed by atoms with van der Waals surface area (Å²) < 4.78 is 42.0. The number of hydrogen-bond acceptors (Lipinski definition) is 6. The van der Waals surface area contributed by atoms with Gasteiger partial charge in [-0.2, -0.15) is 0 Å². The van der Waals surface area contributed by atoms with Gasteiger partial charge in [0.25, 0.3) is 0 Å². The molecule has 6 nitrogen and oxygen atoms in total. The Kier molecular flexibility index (Phi) is 5.27. The normalized spacial score (nSPS) is 16.5. The van der Waals surface area contributed by atoms with Crippen LogP contribution >= 0.6 is 0 Å². The molecule has 0 aliphatic carbocycles. The highest BCUT2D eigenvalue weighted by atomic mass is 32.2. The van der Waals surface area contributed by atoms with Crippen LogP contribution in [-0.2, 0) is 20.5 Å². The van der Waals surface area contributed by atoms with Gasteiger partial charge in [-0.05, 0) is 0 Å². The fourth-order valence-electron chi connectivity index (χ4n) is 0.692. The van der Waals surface area contributed by atoms with Gasteiger partial charge in [0.2, 0.25) is 0 Å². The molecule has 0 aromatic rings.